The van der Waals surface area contributed by atoms with Gasteiger partial charge in [-0.05, 0) is 37.6 Å². The van der Waals surface area contributed by atoms with E-state index in [1.165, 1.54) is 6.26 Å². The standard InChI is InChI=1S/C19H18N4O2/c1-12-8-13(2)17-15(9-12)18(14(10-20)11-23-17)21-5-6-22-19(24)16-4-3-7-25-16/h3-4,7-9,11H,5-6H2,1-2H3,(H,21,23)(H,22,24). The Labute approximate surface area is 145 Å². The molecule has 2 aromatic heterocycles. The highest BCUT2D eigenvalue weighted by Gasteiger charge is 2.11. The minimum absolute atomic E-state index is 0.265. The number of anilines is 1. The molecular formula is C19H18N4O2. The second kappa shape index (κ2) is 7.05. The average molecular weight is 334 g/mol. The monoisotopic (exact) mass is 334 g/mol. The topological polar surface area (TPSA) is 91.0 Å². The summed E-state index contributed by atoms with van der Waals surface area (Å²) in [5.74, 6) is 0.0110. The molecule has 6 heteroatoms. The van der Waals surface area contributed by atoms with Crippen LogP contribution in [0, 0.1) is 25.2 Å². The van der Waals surface area contributed by atoms with Gasteiger partial charge in [-0.25, -0.2) is 0 Å². The Balaban J connectivity index is 1.76. The lowest BCUT2D eigenvalue weighted by Crippen LogP contribution is -2.28. The first-order chi connectivity index (χ1) is 12.1. The highest BCUT2D eigenvalue weighted by atomic mass is 16.3. The van der Waals surface area contributed by atoms with Crippen molar-refractivity contribution in [1.82, 2.24) is 10.3 Å². The molecule has 0 saturated carbocycles. The van der Waals surface area contributed by atoms with Gasteiger partial charge in [0, 0.05) is 24.7 Å². The molecule has 0 fully saturated rings. The van der Waals surface area contributed by atoms with E-state index in [0.29, 0.717) is 18.7 Å². The Morgan fingerprint density at radius 2 is 2.16 bits per heavy atom. The maximum atomic E-state index is 11.8. The van der Waals surface area contributed by atoms with Crippen LogP contribution in [-0.4, -0.2) is 24.0 Å². The zero-order valence-electron chi connectivity index (χ0n) is 14.1. The van der Waals surface area contributed by atoms with Crippen LogP contribution in [0.25, 0.3) is 10.9 Å². The van der Waals surface area contributed by atoms with E-state index >= 15 is 0 Å². The van der Waals surface area contributed by atoms with Gasteiger partial charge in [0.25, 0.3) is 5.91 Å². The first kappa shape index (κ1) is 16.5. The molecule has 0 aliphatic rings. The molecular weight excluding hydrogens is 316 g/mol. The normalized spacial score (nSPS) is 10.4. The van der Waals surface area contributed by atoms with E-state index in [1.807, 2.05) is 19.9 Å². The van der Waals surface area contributed by atoms with Crippen molar-refractivity contribution in [3.63, 3.8) is 0 Å². The van der Waals surface area contributed by atoms with Crippen molar-refractivity contribution < 1.29 is 9.21 Å². The molecule has 1 amide bonds. The van der Waals surface area contributed by atoms with Gasteiger partial charge < -0.3 is 15.1 Å². The van der Waals surface area contributed by atoms with E-state index in [1.54, 1.807) is 18.3 Å². The van der Waals surface area contributed by atoms with Crippen LogP contribution in [0.3, 0.4) is 0 Å². The summed E-state index contributed by atoms with van der Waals surface area (Å²) in [6.45, 7) is 4.90. The minimum Gasteiger partial charge on any atom is -0.459 e. The molecule has 0 bridgehead atoms. The SMILES string of the molecule is Cc1cc(C)c2ncc(C#N)c(NCCNC(=O)c3ccco3)c2c1. The van der Waals surface area contributed by atoms with Crippen molar-refractivity contribution in [2.45, 2.75) is 13.8 Å². The maximum Gasteiger partial charge on any atom is 0.287 e. The molecule has 25 heavy (non-hydrogen) atoms. The van der Waals surface area contributed by atoms with Crippen LogP contribution in [0.15, 0.2) is 41.1 Å². The van der Waals surface area contributed by atoms with Crippen molar-refractivity contribution in [1.29, 1.82) is 5.26 Å². The van der Waals surface area contributed by atoms with E-state index in [0.717, 1.165) is 27.7 Å². The summed E-state index contributed by atoms with van der Waals surface area (Å²) in [5.41, 5.74) is 4.26. The molecule has 0 radical (unpaired) electrons. The Morgan fingerprint density at radius 1 is 1.32 bits per heavy atom. The van der Waals surface area contributed by atoms with Gasteiger partial charge in [0.05, 0.1) is 23.0 Å². The molecule has 0 atom stereocenters. The molecule has 0 aliphatic heterocycles. The summed E-state index contributed by atoms with van der Waals surface area (Å²) in [6.07, 6.45) is 3.04. The van der Waals surface area contributed by atoms with Gasteiger partial charge in [-0.15, -0.1) is 0 Å². The lowest BCUT2D eigenvalue weighted by molar-refractivity contribution is 0.0927. The minimum atomic E-state index is -0.265. The Kier molecular flexibility index (Phi) is 4.66. The number of carbonyl (C=O) groups excluding carboxylic acids is 1. The van der Waals surface area contributed by atoms with Gasteiger partial charge in [-0.1, -0.05) is 11.6 Å². The number of nitriles is 1. The lowest BCUT2D eigenvalue weighted by Gasteiger charge is -2.13. The third-order valence-electron chi connectivity index (χ3n) is 3.88. The third-order valence-corrected chi connectivity index (χ3v) is 3.88. The van der Waals surface area contributed by atoms with Crippen molar-refractivity contribution in [3.8, 4) is 6.07 Å². The molecule has 6 nitrogen and oxygen atoms in total. The van der Waals surface area contributed by atoms with Crippen LogP contribution in [0.5, 0.6) is 0 Å². The summed E-state index contributed by atoms with van der Waals surface area (Å²) in [6, 6.07) is 9.53. The van der Waals surface area contributed by atoms with Crippen LogP contribution >= 0.6 is 0 Å². The molecule has 0 unspecified atom stereocenters. The van der Waals surface area contributed by atoms with Crippen LogP contribution in [0.1, 0.15) is 27.2 Å². The number of aryl methyl sites for hydroxylation is 2. The summed E-state index contributed by atoms with van der Waals surface area (Å²) in [4.78, 5) is 16.2. The van der Waals surface area contributed by atoms with Gasteiger partial charge >= 0.3 is 0 Å². The molecule has 0 spiro atoms. The van der Waals surface area contributed by atoms with Gasteiger partial charge in [0.15, 0.2) is 5.76 Å². The van der Waals surface area contributed by atoms with Crippen molar-refractivity contribution >= 4 is 22.5 Å². The van der Waals surface area contributed by atoms with Crippen LogP contribution in [0.4, 0.5) is 5.69 Å². The number of hydrogen-bond acceptors (Lipinski definition) is 5. The number of furan rings is 1. The van der Waals surface area contributed by atoms with Gasteiger partial charge in [-0.3, -0.25) is 9.78 Å². The first-order valence-electron chi connectivity index (χ1n) is 7.96. The smallest absolute Gasteiger partial charge is 0.287 e. The fraction of sp³-hybridized carbons (Fsp3) is 0.211. The second-order valence-electron chi connectivity index (χ2n) is 5.80. The molecule has 0 saturated heterocycles. The Bertz CT molecular complexity index is 956. The number of nitrogens with one attached hydrogen (secondary N) is 2. The number of carbonyl (C=O) groups is 1. The average Bonchev–Trinajstić information content (AvgIpc) is 3.13. The van der Waals surface area contributed by atoms with Crippen LogP contribution in [-0.2, 0) is 0 Å². The highest BCUT2D eigenvalue weighted by molar-refractivity contribution is 5.96. The van der Waals surface area contributed by atoms with E-state index in [2.05, 4.69) is 27.8 Å². The maximum absolute atomic E-state index is 11.8. The summed E-state index contributed by atoms with van der Waals surface area (Å²) < 4.78 is 5.05. The van der Waals surface area contributed by atoms with Gasteiger partial charge in [0.1, 0.15) is 6.07 Å². The van der Waals surface area contributed by atoms with E-state index in [4.69, 9.17) is 4.42 Å². The second-order valence-corrected chi connectivity index (χ2v) is 5.80. The van der Waals surface area contributed by atoms with E-state index in [-0.39, 0.29) is 11.7 Å². The largest absolute Gasteiger partial charge is 0.459 e. The van der Waals surface area contributed by atoms with Crippen molar-refractivity contribution in [2.24, 2.45) is 0 Å². The first-order valence-corrected chi connectivity index (χ1v) is 7.96. The number of pyridine rings is 1. The van der Waals surface area contributed by atoms with Crippen LogP contribution < -0.4 is 10.6 Å². The molecule has 3 rings (SSSR count). The molecule has 126 valence electrons. The molecule has 3 aromatic rings. The third kappa shape index (κ3) is 3.45. The quantitative estimate of drug-likeness (QED) is 0.699. The van der Waals surface area contributed by atoms with E-state index in [9.17, 15) is 10.1 Å². The Hall–Kier alpha value is -3.33. The van der Waals surface area contributed by atoms with Gasteiger partial charge in [0.2, 0.25) is 0 Å². The number of aromatic nitrogens is 1. The van der Waals surface area contributed by atoms with Crippen molar-refractivity contribution in [3.05, 3.63) is 59.2 Å². The predicted octanol–water partition coefficient (Wildman–Crippen LogP) is 3.16. The van der Waals surface area contributed by atoms with Crippen molar-refractivity contribution in [2.75, 3.05) is 18.4 Å². The summed E-state index contributed by atoms with van der Waals surface area (Å²) >= 11 is 0. The highest BCUT2D eigenvalue weighted by Crippen LogP contribution is 2.28. The Morgan fingerprint density at radius 3 is 2.88 bits per heavy atom. The molecule has 2 N–H and O–H groups in total. The molecule has 2 heterocycles. The fourth-order valence-corrected chi connectivity index (χ4v) is 2.79. The zero-order chi connectivity index (χ0) is 17.8. The van der Waals surface area contributed by atoms with Gasteiger partial charge in [-0.2, -0.15) is 5.26 Å². The summed E-state index contributed by atoms with van der Waals surface area (Å²) in [5, 5.41) is 16.3. The zero-order valence-corrected chi connectivity index (χ0v) is 14.1. The number of nitrogens with zero attached hydrogens (tertiary/aromatic N) is 2. The number of amides is 1. The molecule has 1 aromatic carbocycles. The number of hydrogen-bond donors (Lipinski definition) is 2. The van der Waals surface area contributed by atoms with Crippen LogP contribution in [0.2, 0.25) is 0 Å². The summed E-state index contributed by atoms with van der Waals surface area (Å²) in [7, 11) is 0. The lowest BCUT2D eigenvalue weighted by atomic mass is 10.0. The fourth-order valence-electron chi connectivity index (χ4n) is 2.79. The number of fused-ring (bicyclic) bond motifs is 1. The van der Waals surface area contributed by atoms with E-state index < -0.39 is 0 Å². The molecule has 0 aliphatic carbocycles. The predicted molar refractivity (Wildman–Crippen MR) is 95.5 cm³/mol. The number of benzene rings is 1. The number of rotatable bonds is 5.